The minimum Gasteiger partial charge on any atom is -0.454 e. The molecule has 4 nitrogen and oxygen atoms in total. The van der Waals surface area contributed by atoms with Crippen LogP contribution in [0.25, 0.3) is 0 Å². The molecule has 0 amide bonds. The summed E-state index contributed by atoms with van der Waals surface area (Å²) in [5, 5.41) is 3.23. The van der Waals surface area contributed by atoms with Crippen LogP contribution in [0.1, 0.15) is 12.2 Å². The van der Waals surface area contributed by atoms with Crippen molar-refractivity contribution in [1.29, 1.82) is 0 Å². The van der Waals surface area contributed by atoms with Crippen LogP contribution >= 0.6 is 22.6 Å². The normalized spacial score (nSPS) is 23.7. The van der Waals surface area contributed by atoms with Crippen LogP contribution < -0.4 is 5.32 Å². The summed E-state index contributed by atoms with van der Waals surface area (Å²) in [5.74, 6) is 1.83. The van der Waals surface area contributed by atoms with Crippen molar-refractivity contribution in [3.05, 3.63) is 21.7 Å². The molecular formula is C10H14INO3S. The van der Waals surface area contributed by atoms with E-state index < -0.39 is 9.84 Å². The molecule has 0 aromatic carbocycles. The maximum absolute atomic E-state index is 11.2. The van der Waals surface area contributed by atoms with Crippen LogP contribution in [0.2, 0.25) is 0 Å². The van der Waals surface area contributed by atoms with Gasteiger partial charge in [-0.05, 0) is 53.6 Å². The first-order valence-corrected chi connectivity index (χ1v) is 8.10. The maximum Gasteiger partial charge on any atom is 0.164 e. The Morgan fingerprint density at radius 2 is 2.31 bits per heavy atom. The molecular weight excluding hydrogens is 341 g/mol. The Balaban J connectivity index is 1.73. The Kier molecular flexibility index (Phi) is 3.91. The Bertz CT molecular complexity index is 454. The van der Waals surface area contributed by atoms with Crippen LogP contribution in [0.3, 0.4) is 0 Å². The van der Waals surface area contributed by atoms with Gasteiger partial charge in [-0.25, -0.2) is 8.42 Å². The molecule has 0 radical (unpaired) electrons. The summed E-state index contributed by atoms with van der Waals surface area (Å²) in [6, 6.07) is 3.85. The first-order chi connectivity index (χ1) is 7.55. The van der Waals surface area contributed by atoms with Crippen molar-refractivity contribution in [2.45, 2.75) is 13.0 Å². The Hall–Kier alpha value is -0.0800. The molecule has 2 heterocycles. The van der Waals surface area contributed by atoms with E-state index in [9.17, 15) is 8.42 Å². The van der Waals surface area contributed by atoms with Crippen LogP contribution in [0.5, 0.6) is 0 Å². The number of hydrogen-bond donors (Lipinski definition) is 1. The maximum atomic E-state index is 11.2. The van der Waals surface area contributed by atoms with Crippen molar-refractivity contribution in [2.24, 2.45) is 5.92 Å². The fourth-order valence-electron chi connectivity index (χ4n) is 1.88. The van der Waals surface area contributed by atoms with Gasteiger partial charge in [0, 0.05) is 0 Å². The minimum atomic E-state index is -2.75. The zero-order valence-electron chi connectivity index (χ0n) is 8.78. The summed E-state index contributed by atoms with van der Waals surface area (Å²) >= 11 is 2.12. The number of halogens is 1. The van der Waals surface area contributed by atoms with Gasteiger partial charge in [-0.2, -0.15) is 0 Å². The Morgan fingerprint density at radius 1 is 1.50 bits per heavy atom. The van der Waals surface area contributed by atoms with Gasteiger partial charge in [0.25, 0.3) is 0 Å². The molecule has 0 saturated carbocycles. The van der Waals surface area contributed by atoms with Crippen LogP contribution in [-0.4, -0.2) is 26.5 Å². The zero-order chi connectivity index (χ0) is 11.6. The summed E-state index contributed by atoms with van der Waals surface area (Å²) < 4.78 is 28.7. The van der Waals surface area contributed by atoms with Crippen LogP contribution in [-0.2, 0) is 16.4 Å². The summed E-state index contributed by atoms with van der Waals surface area (Å²) in [6.45, 7) is 1.41. The zero-order valence-corrected chi connectivity index (χ0v) is 11.8. The Morgan fingerprint density at radius 3 is 2.88 bits per heavy atom. The second-order valence-electron chi connectivity index (χ2n) is 4.11. The van der Waals surface area contributed by atoms with E-state index in [1.807, 2.05) is 12.1 Å². The molecule has 1 aliphatic heterocycles. The molecule has 1 N–H and O–H groups in total. The van der Waals surface area contributed by atoms with Gasteiger partial charge in [-0.1, -0.05) is 0 Å². The first kappa shape index (κ1) is 12.4. The predicted octanol–water partition coefficient (Wildman–Crippen LogP) is 1.41. The lowest BCUT2D eigenvalue weighted by atomic mass is 10.1. The second kappa shape index (κ2) is 5.05. The smallest absolute Gasteiger partial charge is 0.164 e. The number of furan rings is 1. The van der Waals surface area contributed by atoms with Crippen molar-refractivity contribution in [1.82, 2.24) is 5.32 Å². The summed E-state index contributed by atoms with van der Waals surface area (Å²) in [4.78, 5) is 0. The SMILES string of the molecule is O=S1(=O)CCC(CNCc2ccc(I)o2)C1. The monoisotopic (exact) mass is 355 g/mol. The van der Waals surface area contributed by atoms with Gasteiger partial charge in [0.1, 0.15) is 5.76 Å². The van der Waals surface area contributed by atoms with Gasteiger partial charge in [-0.15, -0.1) is 0 Å². The van der Waals surface area contributed by atoms with E-state index in [-0.39, 0.29) is 5.92 Å². The topological polar surface area (TPSA) is 59.3 Å². The van der Waals surface area contributed by atoms with E-state index in [1.165, 1.54) is 0 Å². The highest BCUT2D eigenvalue weighted by molar-refractivity contribution is 14.1. The van der Waals surface area contributed by atoms with Crippen LogP contribution in [0.15, 0.2) is 16.5 Å². The predicted molar refractivity (Wildman–Crippen MR) is 69.9 cm³/mol. The van der Waals surface area contributed by atoms with E-state index in [0.717, 1.165) is 22.5 Å². The molecule has 1 aromatic rings. The molecule has 2 rings (SSSR count). The lowest BCUT2D eigenvalue weighted by Crippen LogP contribution is -2.23. The van der Waals surface area contributed by atoms with Crippen molar-refractivity contribution >= 4 is 32.4 Å². The molecule has 1 saturated heterocycles. The lowest BCUT2D eigenvalue weighted by molar-refractivity contribution is 0.443. The first-order valence-electron chi connectivity index (χ1n) is 5.20. The van der Waals surface area contributed by atoms with E-state index in [4.69, 9.17) is 4.42 Å². The molecule has 0 bridgehead atoms. The highest BCUT2D eigenvalue weighted by atomic mass is 127. The third-order valence-electron chi connectivity index (χ3n) is 2.69. The second-order valence-corrected chi connectivity index (χ2v) is 7.40. The average Bonchev–Trinajstić information content (AvgIpc) is 2.73. The number of rotatable bonds is 4. The van der Waals surface area contributed by atoms with Gasteiger partial charge in [0.15, 0.2) is 13.6 Å². The molecule has 0 spiro atoms. The Labute approximate surface area is 109 Å². The molecule has 0 aliphatic carbocycles. The molecule has 1 atom stereocenters. The van der Waals surface area contributed by atoms with E-state index in [0.29, 0.717) is 18.1 Å². The molecule has 1 aliphatic rings. The highest BCUT2D eigenvalue weighted by Crippen LogP contribution is 2.17. The van der Waals surface area contributed by atoms with Crippen molar-refractivity contribution in [2.75, 3.05) is 18.1 Å². The van der Waals surface area contributed by atoms with Gasteiger partial charge >= 0.3 is 0 Å². The summed E-state index contributed by atoms with van der Waals surface area (Å²) in [6.07, 6.45) is 0.783. The van der Waals surface area contributed by atoms with Crippen molar-refractivity contribution in [3.63, 3.8) is 0 Å². The largest absolute Gasteiger partial charge is 0.454 e. The standard InChI is InChI=1S/C10H14INO3S/c11-10-2-1-9(15-10)6-12-5-8-3-4-16(13,14)7-8/h1-2,8,12H,3-7H2. The summed E-state index contributed by atoms with van der Waals surface area (Å²) in [7, 11) is -2.75. The number of nitrogens with one attached hydrogen (secondary N) is 1. The third kappa shape index (κ3) is 3.46. The van der Waals surface area contributed by atoms with Crippen molar-refractivity contribution in [3.8, 4) is 0 Å². The lowest BCUT2D eigenvalue weighted by Gasteiger charge is -2.07. The number of sulfone groups is 1. The molecule has 90 valence electrons. The highest BCUT2D eigenvalue weighted by Gasteiger charge is 2.27. The molecule has 16 heavy (non-hydrogen) atoms. The average molecular weight is 355 g/mol. The number of hydrogen-bond acceptors (Lipinski definition) is 4. The van der Waals surface area contributed by atoms with Gasteiger partial charge in [0.2, 0.25) is 0 Å². The van der Waals surface area contributed by atoms with Gasteiger partial charge < -0.3 is 9.73 Å². The van der Waals surface area contributed by atoms with Gasteiger partial charge in [0.05, 0.1) is 18.1 Å². The molecule has 1 fully saturated rings. The molecule has 6 heteroatoms. The van der Waals surface area contributed by atoms with E-state index in [2.05, 4.69) is 27.9 Å². The summed E-state index contributed by atoms with van der Waals surface area (Å²) in [5.41, 5.74) is 0. The van der Waals surface area contributed by atoms with Gasteiger partial charge in [-0.3, -0.25) is 0 Å². The van der Waals surface area contributed by atoms with Crippen LogP contribution in [0, 0.1) is 9.68 Å². The van der Waals surface area contributed by atoms with Crippen LogP contribution in [0.4, 0.5) is 0 Å². The molecule has 1 aromatic heterocycles. The van der Waals surface area contributed by atoms with Crippen molar-refractivity contribution < 1.29 is 12.8 Å². The third-order valence-corrected chi connectivity index (χ3v) is 5.10. The molecule has 1 unspecified atom stereocenters. The quantitative estimate of drug-likeness (QED) is 0.830. The fraction of sp³-hybridized carbons (Fsp3) is 0.600. The minimum absolute atomic E-state index is 0.263. The van der Waals surface area contributed by atoms with E-state index in [1.54, 1.807) is 0 Å². The fourth-order valence-corrected chi connectivity index (χ4v) is 4.20. The van der Waals surface area contributed by atoms with E-state index >= 15 is 0 Å².